The van der Waals surface area contributed by atoms with E-state index in [-0.39, 0.29) is 20.1 Å². The van der Waals surface area contributed by atoms with Gasteiger partial charge in [-0.05, 0) is 71.8 Å². The molecule has 1 radical (unpaired) electrons. The standard InChI is InChI=1S/C28H18NO.C14H14N.Ir/c1-18-12-14-25(29-17-18)20-7-4-6-19(16-20)21-9-5-10-23-22(21)13-15-27-28(23)24-8-2-3-11-26(24)30-27;1-10-4-6-13(7-5-10)14-8-11(2)12(3)9-15-14;/h2-6,8-17H,1H3;4-6,8-9H,1-3H3;/q2*-1;. The van der Waals surface area contributed by atoms with E-state index < -0.39 is 0 Å². The number of aromatic nitrogens is 2. The molecular weight excluding hydrogens is 741 g/mol. The number of nitrogens with zero attached hydrogens (tertiary/aromatic N) is 2. The number of furan rings is 1. The molecule has 0 saturated carbocycles. The van der Waals surface area contributed by atoms with E-state index in [1.165, 1.54) is 38.4 Å². The Balaban J connectivity index is 0.000000197. The molecule has 0 bridgehead atoms. The molecule has 3 heterocycles. The minimum Gasteiger partial charge on any atom is -0.456 e. The second kappa shape index (κ2) is 13.2. The van der Waals surface area contributed by atoms with Gasteiger partial charge in [-0.15, -0.1) is 70.8 Å². The Hall–Kier alpha value is -4.89. The van der Waals surface area contributed by atoms with Gasteiger partial charge >= 0.3 is 0 Å². The number of fused-ring (bicyclic) bond motifs is 5. The van der Waals surface area contributed by atoms with Gasteiger partial charge in [0.1, 0.15) is 11.2 Å². The summed E-state index contributed by atoms with van der Waals surface area (Å²) in [6, 6.07) is 44.2. The molecule has 0 aliphatic rings. The summed E-state index contributed by atoms with van der Waals surface area (Å²) < 4.78 is 6.08. The van der Waals surface area contributed by atoms with Crippen LogP contribution < -0.4 is 0 Å². The van der Waals surface area contributed by atoms with Crippen molar-refractivity contribution in [2.75, 3.05) is 0 Å². The first kappa shape index (κ1) is 31.1. The molecular formula is C42H32IrN2O-2. The fraction of sp³-hybridized carbons (Fsp3) is 0.0952. The van der Waals surface area contributed by atoms with Crippen molar-refractivity contribution in [3.05, 3.63) is 156 Å². The number of para-hydroxylation sites is 1. The van der Waals surface area contributed by atoms with Crippen LogP contribution >= 0.6 is 0 Å². The number of hydrogen-bond donors (Lipinski definition) is 0. The van der Waals surface area contributed by atoms with Gasteiger partial charge in [0.25, 0.3) is 0 Å². The fourth-order valence-corrected chi connectivity index (χ4v) is 5.68. The second-order valence-electron chi connectivity index (χ2n) is 11.6. The van der Waals surface area contributed by atoms with Gasteiger partial charge in [0.2, 0.25) is 0 Å². The third-order valence-corrected chi connectivity index (χ3v) is 8.32. The molecule has 0 unspecified atom stereocenters. The molecule has 0 saturated heterocycles. The molecule has 8 aromatic rings. The van der Waals surface area contributed by atoms with Crippen LogP contribution in [-0.2, 0) is 20.1 Å². The Kier molecular flexibility index (Phi) is 8.94. The van der Waals surface area contributed by atoms with Crippen LogP contribution in [0, 0.1) is 39.8 Å². The van der Waals surface area contributed by atoms with Crippen molar-refractivity contribution in [2.45, 2.75) is 27.7 Å². The molecule has 0 N–H and O–H groups in total. The molecule has 5 aromatic carbocycles. The topological polar surface area (TPSA) is 38.9 Å². The third-order valence-electron chi connectivity index (χ3n) is 8.32. The molecule has 0 spiro atoms. The summed E-state index contributed by atoms with van der Waals surface area (Å²) in [5.74, 6) is 0. The van der Waals surface area contributed by atoms with Crippen LogP contribution in [0.25, 0.3) is 66.4 Å². The van der Waals surface area contributed by atoms with E-state index in [1.54, 1.807) is 0 Å². The number of benzene rings is 5. The van der Waals surface area contributed by atoms with Gasteiger partial charge in [-0.25, -0.2) is 0 Å². The van der Waals surface area contributed by atoms with Gasteiger partial charge in [0.05, 0.1) is 0 Å². The Morgan fingerprint density at radius 2 is 1.37 bits per heavy atom. The summed E-state index contributed by atoms with van der Waals surface area (Å²) in [6.07, 6.45) is 3.81. The average Bonchev–Trinajstić information content (AvgIpc) is 3.46. The largest absolute Gasteiger partial charge is 0.456 e. The van der Waals surface area contributed by atoms with Gasteiger partial charge in [-0.2, -0.15) is 0 Å². The minimum atomic E-state index is 0. The molecule has 0 atom stereocenters. The maximum Gasteiger partial charge on any atom is 0.136 e. The van der Waals surface area contributed by atoms with Crippen LogP contribution in [0.15, 0.2) is 126 Å². The summed E-state index contributed by atoms with van der Waals surface area (Å²) >= 11 is 0. The predicted octanol–water partition coefficient (Wildman–Crippen LogP) is 11.0. The van der Waals surface area contributed by atoms with Crippen LogP contribution in [0.5, 0.6) is 0 Å². The predicted molar refractivity (Wildman–Crippen MR) is 186 cm³/mol. The summed E-state index contributed by atoms with van der Waals surface area (Å²) in [6.45, 7) is 8.29. The van der Waals surface area contributed by atoms with Crippen LogP contribution in [0.3, 0.4) is 0 Å². The van der Waals surface area contributed by atoms with E-state index >= 15 is 0 Å². The zero-order valence-electron chi connectivity index (χ0n) is 26.2. The number of rotatable bonds is 3. The van der Waals surface area contributed by atoms with Crippen molar-refractivity contribution < 1.29 is 24.5 Å². The molecule has 0 amide bonds. The van der Waals surface area contributed by atoms with Crippen LogP contribution in [0.4, 0.5) is 0 Å². The maximum absolute atomic E-state index is 6.08. The van der Waals surface area contributed by atoms with Gasteiger partial charge in [0, 0.05) is 43.3 Å². The van der Waals surface area contributed by atoms with E-state index in [0.717, 1.165) is 50.2 Å². The molecule has 8 rings (SSSR count). The van der Waals surface area contributed by atoms with Gasteiger partial charge < -0.3 is 14.4 Å². The van der Waals surface area contributed by atoms with Crippen LogP contribution in [0.2, 0.25) is 0 Å². The Morgan fingerprint density at radius 1 is 0.565 bits per heavy atom. The van der Waals surface area contributed by atoms with Crippen LogP contribution in [-0.4, -0.2) is 9.97 Å². The van der Waals surface area contributed by atoms with E-state index in [9.17, 15) is 0 Å². The Bertz CT molecular complexity index is 2300. The zero-order chi connectivity index (χ0) is 30.9. The first-order chi connectivity index (χ1) is 21.9. The molecule has 46 heavy (non-hydrogen) atoms. The van der Waals surface area contributed by atoms with Gasteiger partial charge in [-0.1, -0.05) is 73.2 Å². The van der Waals surface area contributed by atoms with Crippen molar-refractivity contribution >= 4 is 32.7 Å². The Labute approximate surface area is 283 Å². The molecule has 0 aliphatic heterocycles. The number of aryl methyl sites for hydroxylation is 4. The smallest absolute Gasteiger partial charge is 0.136 e. The minimum absolute atomic E-state index is 0. The monoisotopic (exact) mass is 773 g/mol. The van der Waals surface area contributed by atoms with Crippen molar-refractivity contribution in [1.82, 2.24) is 9.97 Å². The maximum atomic E-state index is 6.08. The first-order valence-electron chi connectivity index (χ1n) is 15.1. The van der Waals surface area contributed by atoms with Crippen molar-refractivity contribution in [1.29, 1.82) is 0 Å². The fourth-order valence-electron chi connectivity index (χ4n) is 5.68. The van der Waals surface area contributed by atoms with Crippen molar-refractivity contribution in [3.8, 4) is 33.6 Å². The summed E-state index contributed by atoms with van der Waals surface area (Å²) in [7, 11) is 0. The van der Waals surface area contributed by atoms with E-state index in [4.69, 9.17) is 4.42 Å². The van der Waals surface area contributed by atoms with E-state index in [0.29, 0.717) is 0 Å². The SMILES string of the molecule is Cc1c[c-]c(-c2cc(C)c(C)cn2)cc1.Cc1ccc(-c2[c-]ccc(-c3cccc4c3ccc3oc5ccccc5c34)c2)nc1.[Ir]. The van der Waals surface area contributed by atoms with Gasteiger partial charge in [0.15, 0.2) is 0 Å². The molecule has 0 aliphatic carbocycles. The quantitative estimate of drug-likeness (QED) is 0.168. The van der Waals surface area contributed by atoms with E-state index in [2.05, 4.69) is 128 Å². The summed E-state index contributed by atoms with van der Waals surface area (Å²) in [5, 5.41) is 4.75. The Morgan fingerprint density at radius 3 is 2.15 bits per heavy atom. The number of hydrogen-bond acceptors (Lipinski definition) is 3. The molecule has 4 heteroatoms. The van der Waals surface area contributed by atoms with E-state index in [1.807, 2.05) is 43.6 Å². The summed E-state index contributed by atoms with van der Waals surface area (Å²) in [4.78, 5) is 8.98. The molecule has 3 nitrogen and oxygen atoms in total. The molecule has 3 aromatic heterocycles. The van der Waals surface area contributed by atoms with Crippen molar-refractivity contribution in [3.63, 3.8) is 0 Å². The third kappa shape index (κ3) is 6.15. The van der Waals surface area contributed by atoms with Crippen LogP contribution in [0.1, 0.15) is 22.3 Å². The number of pyridine rings is 2. The van der Waals surface area contributed by atoms with Gasteiger partial charge in [-0.3, -0.25) is 0 Å². The second-order valence-corrected chi connectivity index (χ2v) is 11.6. The molecule has 0 fully saturated rings. The first-order valence-corrected chi connectivity index (χ1v) is 15.1. The van der Waals surface area contributed by atoms with Crippen molar-refractivity contribution in [2.24, 2.45) is 0 Å². The zero-order valence-corrected chi connectivity index (χ0v) is 28.6. The summed E-state index contributed by atoms with van der Waals surface area (Å²) in [5.41, 5.74) is 13.1. The molecule has 227 valence electrons. The average molecular weight is 773 g/mol. The normalized spacial score (nSPS) is 10.9.